The van der Waals surface area contributed by atoms with Crippen molar-refractivity contribution in [1.82, 2.24) is 15.2 Å². The van der Waals surface area contributed by atoms with Crippen molar-refractivity contribution >= 4 is 5.91 Å². The van der Waals surface area contributed by atoms with Gasteiger partial charge < -0.3 is 19.4 Å². The van der Waals surface area contributed by atoms with Crippen LogP contribution in [0.2, 0.25) is 0 Å². The summed E-state index contributed by atoms with van der Waals surface area (Å²) in [5.74, 6) is 0.996. The van der Waals surface area contributed by atoms with E-state index in [1.54, 1.807) is 0 Å². The third kappa shape index (κ3) is 4.14. The number of hydrogen-bond donors (Lipinski definition) is 1. The Kier molecular flexibility index (Phi) is 5.32. The van der Waals surface area contributed by atoms with Crippen molar-refractivity contribution in [3.63, 3.8) is 0 Å². The number of piperidine rings is 1. The van der Waals surface area contributed by atoms with Crippen LogP contribution in [0.1, 0.15) is 29.8 Å². The van der Waals surface area contributed by atoms with E-state index >= 15 is 0 Å². The lowest BCUT2D eigenvalue weighted by atomic mass is 10.0. The van der Waals surface area contributed by atoms with Crippen molar-refractivity contribution < 1.29 is 13.9 Å². The molecule has 1 atom stereocenters. The molecule has 1 amide bonds. The molecule has 2 aliphatic rings. The Morgan fingerprint density at radius 3 is 2.73 bits per heavy atom. The Morgan fingerprint density at radius 2 is 2.00 bits per heavy atom. The van der Waals surface area contributed by atoms with Gasteiger partial charge >= 0.3 is 0 Å². The van der Waals surface area contributed by atoms with Crippen LogP contribution in [0.4, 0.5) is 0 Å². The Bertz CT molecular complexity index is 717. The largest absolute Gasteiger partial charge is 0.444 e. The number of hydrogen-bond acceptors (Lipinski definition) is 5. The highest BCUT2D eigenvalue weighted by Gasteiger charge is 2.25. The van der Waals surface area contributed by atoms with Gasteiger partial charge in [-0.3, -0.25) is 4.79 Å². The normalized spacial score (nSPS) is 21.8. The van der Waals surface area contributed by atoms with Crippen molar-refractivity contribution in [2.45, 2.75) is 25.3 Å². The van der Waals surface area contributed by atoms with Gasteiger partial charge in [-0.25, -0.2) is 4.98 Å². The van der Waals surface area contributed by atoms with Gasteiger partial charge in [0.1, 0.15) is 6.26 Å². The smallest absolute Gasteiger partial charge is 0.273 e. The number of carbonyl (C=O) groups excluding carboxylic acids is 1. The predicted octanol–water partition coefficient (Wildman–Crippen LogP) is 2.57. The summed E-state index contributed by atoms with van der Waals surface area (Å²) in [6.07, 6.45) is 4.56. The zero-order valence-corrected chi connectivity index (χ0v) is 14.9. The van der Waals surface area contributed by atoms with Crippen LogP contribution in [0.5, 0.6) is 0 Å². The van der Waals surface area contributed by atoms with Gasteiger partial charge in [-0.15, -0.1) is 0 Å². The molecule has 1 aromatic heterocycles. The quantitative estimate of drug-likeness (QED) is 0.893. The highest BCUT2D eigenvalue weighted by atomic mass is 16.5. The van der Waals surface area contributed by atoms with Crippen LogP contribution in [-0.4, -0.2) is 54.7 Å². The van der Waals surface area contributed by atoms with Gasteiger partial charge in [0.2, 0.25) is 5.89 Å². The third-order valence-electron chi connectivity index (χ3n) is 5.22. The summed E-state index contributed by atoms with van der Waals surface area (Å²) in [5, 5.41) is 3.10. The number of aromatic nitrogens is 1. The molecular weight excluding hydrogens is 330 g/mol. The predicted molar refractivity (Wildman–Crippen MR) is 97.8 cm³/mol. The summed E-state index contributed by atoms with van der Waals surface area (Å²) >= 11 is 0. The molecule has 2 saturated heterocycles. The SMILES string of the molecule is O=C(NC1CCN(CC2CCOC2)CC1)c1coc(-c2ccccc2)n1. The van der Waals surface area contributed by atoms with E-state index in [4.69, 9.17) is 9.15 Å². The fraction of sp³-hybridized carbons (Fsp3) is 0.500. The minimum absolute atomic E-state index is 0.154. The molecular formula is C20H25N3O3. The summed E-state index contributed by atoms with van der Waals surface area (Å²) in [6, 6.07) is 9.81. The molecule has 26 heavy (non-hydrogen) atoms. The number of nitrogens with zero attached hydrogens (tertiary/aromatic N) is 2. The minimum Gasteiger partial charge on any atom is -0.444 e. The molecule has 2 aromatic rings. The van der Waals surface area contributed by atoms with Crippen molar-refractivity contribution in [2.75, 3.05) is 32.8 Å². The van der Waals surface area contributed by atoms with Crippen molar-refractivity contribution in [2.24, 2.45) is 5.92 Å². The van der Waals surface area contributed by atoms with E-state index in [-0.39, 0.29) is 11.9 Å². The average molecular weight is 355 g/mol. The second-order valence-electron chi connectivity index (χ2n) is 7.18. The third-order valence-corrected chi connectivity index (χ3v) is 5.22. The van der Waals surface area contributed by atoms with Crippen LogP contribution in [0.25, 0.3) is 11.5 Å². The minimum atomic E-state index is -0.154. The molecule has 6 nitrogen and oxygen atoms in total. The number of amides is 1. The molecule has 138 valence electrons. The van der Waals surface area contributed by atoms with Gasteiger partial charge in [-0.1, -0.05) is 18.2 Å². The topological polar surface area (TPSA) is 67.6 Å². The molecule has 0 radical (unpaired) electrons. The summed E-state index contributed by atoms with van der Waals surface area (Å²) in [5.41, 5.74) is 1.21. The molecule has 4 rings (SSSR count). The molecule has 0 aliphatic carbocycles. The van der Waals surface area contributed by atoms with Crippen molar-refractivity contribution in [1.29, 1.82) is 0 Å². The van der Waals surface area contributed by atoms with Gasteiger partial charge in [0.25, 0.3) is 5.91 Å². The second-order valence-corrected chi connectivity index (χ2v) is 7.18. The lowest BCUT2D eigenvalue weighted by molar-refractivity contribution is 0.0898. The highest BCUT2D eigenvalue weighted by Crippen LogP contribution is 2.20. The molecule has 0 spiro atoms. The molecule has 0 saturated carbocycles. The summed E-state index contributed by atoms with van der Waals surface area (Å²) in [7, 11) is 0. The van der Waals surface area contributed by atoms with Gasteiger partial charge in [0, 0.05) is 37.8 Å². The molecule has 2 aliphatic heterocycles. The zero-order chi connectivity index (χ0) is 17.8. The monoisotopic (exact) mass is 355 g/mol. The number of oxazole rings is 1. The van der Waals surface area contributed by atoms with Crippen LogP contribution in [0, 0.1) is 5.92 Å². The molecule has 1 aromatic carbocycles. The number of rotatable bonds is 5. The summed E-state index contributed by atoms with van der Waals surface area (Å²) in [6.45, 7) is 4.96. The fourth-order valence-corrected chi connectivity index (χ4v) is 3.70. The van der Waals surface area contributed by atoms with Crippen LogP contribution < -0.4 is 5.32 Å². The first-order valence-corrected chi connectivity index (χ1v) is 9.40. The molecule has 0 bridgehead atoms. The van der Waals surface area contributed by atoms with Gasteiger partial charge in [0.15, 0.2) is 5.69 Å². The number of carbonyl (C=O) groups is 1. The molecule has 3 heterocycles. The Hall–Kier alpha value is -2.18. The van der Waals surface area contributed by atoms with E-state index in [0.717, 1.165) is 51.3 Å². The maximum Gasteiger partial charge on any atom is 0.273 e. The average Bonchev–Trinajstić information content (AvgIpc) is 3.36. The first kappa shape index (κ1) is 17.2. The fourth-order valence-electron chi connectivity index (χ4n) is 3.70. The lowest BCUT2D eigenvalue weighted by Gasteiger charge is -2.33. The van der Waals surface area contributed by atoms with Crippen LogP contribution >= 0.6 is 0 Å². The second kappa shape index (κ2) is 8.01. The summed E-state index contributed by atoms with van der Waals surface area (Å²) in [4.78, 5) is 19.3. The van der Waals surface area contributed by atoms with Crippen LogP contribution in [0.3, 0.4) is 0 Å². The van der Waals surface area contributed by atoms with Crippen molar-refractivity contribution in [3.8, 4) is 11.5 Å². The molecule has 1 N–H and O–H groups in total. The number of ether oxygens (including phenoxy) is 1. The van der Waals surface area contributed by atoms with E-state index < -0.39 is 0 Å². The number of nitrogens with one attached hydrogen (secondary N) is 1. The van der Waals surface area contributed by atoms with Crippen molar-refractivity contribution in [3.05, 3.63) is 42.3 Å². The molecule has 2 fully saturated rings. The Balaban J connectivity index is 1.27. The van der Waals surface area contributed by atoms with E-state index in [1.807, 2.05) is 30.3 Å². The summed E-state index contributed by atoms with van der Waals surface area (Å²) < 4.78 is 10.9. The molecule has 6 heteroatoms. The highest BCUT2D eigenvalue weighted by molar-refractivity contribution is 5.92. The first-order valence-electron chi connectivity index (χ1n) is 9.40. The number of benzene rings is 1. The van der Waals surface area contributed by atoms with E-state index in [0.29, 0.717) is 17.5 Å². The van der Waals surface area contributed by atoms with E-state index in [1.165, 1.54) is 12.7 Å². The van der Waals surface area contributed by atoms with Gasteiger partial charge in [0.05, 0.1) is 6.61 Å². The number of likely N-dealkylation sites (tertiary alicyclic amines) is 1. The Morgan fingerprint density at radius 1 is 1.19 bits per heavy atom. The van der Waals surface area contributed by atoms with Crippen LogP contribution in [0.15, 0.2) is 41.0 Å². The van der Waals surface area contributed by atoms with Crippen LogP contribution in [-0.2, 0) is 4.74 Å². The zero-order valence-electron chi connectivity index (χ0n) is 14.9. The van der Waals surface area contributed by atoms with Gasteiger partial charge in [-0.2, -0.15) is 0 Å². The molecule has 1 unspecified atom stereocenters. The maximum absolute atomic E-state index is 12.5. The first-order chi connectivity index (χ1) is 12.8. The van der Waals surface area contributed by atoms with E-state index in [2.05, 4.69) is 15.2 Å². The maximum atomic E-state index is 12.5. The standard InChI is InChI=1S/C20H25N3O3/c24-19(18-14-26-20(22-18)16-4-2-1-3-5-16)21-17-6-9-23(10-7-17)12-15-8-11-25-13-15/h1-5,14-15,17H,6-13H2,(H,21,24). The lowest BCUT2D eigenvalue weighted by Crippen LogP contribution is -2.45. The van der Waals surface area contributed by atoms with E-state index in [9.17, 15) is 4.79 Å². The van der Waals surface area contributed by atoms with Gasteiger partial charge in [-0.05, 0) is 37.3 Å². The Labute approximate surface area is 153 Å².